The van der Waals surface area contributed by atoms with Gasteiger partial charge in [-0.25, -0.2) is 0 Å². The van der Waals surface area contributed by atoms with Crippen molar-refractivity contribution >= 4 is 64.7 Å². The SMILES string of the molecule is COC1CC(CC(=O)N2CCN(C)CC2)c2cc(Cl)ccc2N(C(=O)c2ccc(NC(=O)c3ccccc3Cl)cc2)C1.Cl. The monoisotopic (exact) mass is 644 g/mol. The van der Waals surface area contributed by atoms with Gasteiger partial charge >= 0.3 is 0 Å². The number of anilines is 2. The number of hydrogen-bond acceptors (Lipinski definition) is 5. The second-order valence-electron chi connectivity index (χ2n) is 10.8. The van der Waals surface area contributed by atoms with Crippen molar-refractivity contribution in [3.8, 4) is 0 Å². The summed E-state index contributed by atoms with van der Waals surface area (Å²) in [5, 5.41) is 3.73. The minimum atomic E-state index is -0.335. The Labute approximate surface area is 268 Å². The molecule has 2 aliphatic rings. The molecule has 0 aliphatic carbocycles. The molecule has 43 heavy (non-hydrogen) atoms. The number of piperazine rings is 1. The van der Waals surface area contributed by atoms with Gasteiger partial charge in [-0.1, -0.05) is 35.3 Å². The Hall–Kier alpha value is -3.14. The van der Waals surface area contributed by atoms with E-state index < -0.39 is 0 Å². The summed E-state index contributed by atoms with van der Waals surface area (Å²) in [5.74, 6) is -0.604. The number of nitrogens with zero attached hydrogens (tertiary/aromatic N) is 3. The number of hydrogen-bond donors (Lipinski definition) is 1. The zero-order chi connectivity index (χ0) is 29.8. The van der Waals surface area contributed by atoms with Crippen LogP contribution in [0.1, 0.15) is 45.0 Å². The molecule has 1 fully saturated rings. The predicted molar refractivity (Wildman–Crippen MR) is 173 cm³/mol. The van der Waals surface area contributed by atoms with Crippen LogP contribution >= 0.6 is 35.6 Å². The van der Waals surface area contributed by atoms with Crippen molar-refractivity contribution in [2.45, 2.75) is 24.9 Å². The minimum absolute atomic E-state index is 0. The fourth-order valence-corrected chi connectivity index (χ4v) is 5.97. The van der Waals surface area contributed by atoms with Gasteiger partial charge in [-0.3, -0.25) is 14.4 Å². The molecule has 11 heteroatoms. The number of fused-ring (bicyclic) bond motifs is 1. The predicted octanol–water partition coefficient (Wildman–Crippen LogP) is 5.98. The highest BCUT2D eigenvalue weighted by Gasteiger charge is 2.34. The van der Waals surface area contributed by atoms with E-state index in [4.69, 9.17) is 27.9 Å². The number of halogens is 3. The van der Waals surface area contributed by atoms with Crippen molar-refractivity contribution in [1.82, 2.24) is 9.80 Å². The summed E-state index contributed by atoms with van der Waals surface area (Å²) in [6.45, 7) is 3.44. The Morgan fingerprint density at radius 3 is 2.33 bits per heavy atom. The highest BCUT2D eigenvalue weighted by molar-refractivity contribution is 6.34. The highest BCUT2D eigenvalue weighted by atomic mass is 35.5. The van der Waals surface area contributed by atoms with Gasteiger partial charge in [0.05, 0.1) is 23.2 Å². The van der Waals surface area contributed by atoms with E-state index in [1.807, 2.05) is 17.0 Å². The van der Waals surface area contributed by atoms with E-state index in [-0.39, 0.29) is 42.2 Å². The summed E-state index contributed by atoms with van der Waals surface area (Å²) in [6.07, 6.45) is 0.624. The number of carbonyl (C=O) groups is 3. The van der Waals surface area contributed by atoms with E-state index in [1.165, 1.54) is 0 Å². The Balaban J connectivity index is 0.00000423. The molecule has 228 valence electrons. The molecule has 0 saturated carbocycles. The molecular weight excluding hydrogens is 611 g/mol. The van der Waals surface area contributed by atoms with Gasteiger partial charge in [-0.15, -0.1) is 12.4 Å². The molecule has 0 radical (unpaired) electrons. The summed E-state index contributed by atoms with van der Waals surface area (Å²) in [6, 6.07) is 19.0. The van der Waals surface area contributed by atoms with Crippen molar-refractivity contribution in [2.24, 2.45) is 0 Å². The molecule has 2 heterocycles. The van der Waals surface area contributed by atoms with Gasteiger partial charge in [0.25, 0.3) is 11.8 Å². The first-order chi connectivity index (χ1) is 20.2. The standard InChI is InChI=1S/C32H34Cl2N4O4.ClH/c1-36-13-15-37(16-14-36)30(39)18-22-17-25(42-2)20-38(29-12-9-23(33)19-27(22)29)32(41)21-7-10-24(11-8-21)35-31(40)26-5-3-4-6-28(26)34;/h3-12,19,22,25H,13-18,20H2,1-2H3,(H,35,40);1H. The smallest absolute Gasteiger partial charge is 0.258 e. The Kier molecular flexibility index (Phi) is 11.1. The van der Waals surface area contributed by atoms with Crippen LogP contribution in [0.2, 0.25) is 10.0 Å². The van der Waals surface area contributed by atoms with Crippen LogP contribution in [0.25, 0.3) is 0 Å². The lowest BCUT2D eigenvalue weighted by atomic mass is 9.89. The molecule has 2 atom stereocenters. The summed E-state index contributed by atoms with van der Waals surface area (Å²) in [7, 11) is 3.69. The summed E-state index contributed by atoms with van der Waals surface area (Å²) in [4.78, 5) is 45.8. The maximum absolute atomic E-state index is 13.9. The fraction of sp³-hybridized carbons (Fsp3) is 0.344. The van der Waals surface area contributed by atoms with Crippen LogP contribution in [0.5, 0.6) is 0 Å². The maximum Gasteiger partial charge on any atom is 0.258 e. The molecule has 3 amide bonds. The van der Waals surface area contributed by atoms with Crippen LogP contribution in [-0.2, 0) is 9.53 Å². The van der Waals surface area contributed by atoms with E-state index in [0.29, 0.717) is 59.3 Å². The third-order valence-corrected chi connectivity index (χ3v) is 8.58. The molecule has 0 bridgehead atoms. The lowest BCUT2D eigenvalue weighted by Gasteiger charge is -2.33. The van der Waals surface area contributed by atoms with Gasteiger partial charge < -0.3 is 24.8 Å². The molecular formula is C32H35Cl3N4O4. The fourth-order valence-electron chi connectivity index (χ4n) is 5.57. The lowest BCUT2D eigenvalue weighted by Crippen LogP contribution is -2.47. The number of methoxy groups -OCH3 is 1. The molecule has 2 unspecified atom stereocenters. The second-order valence-corrected chi connectivity index (χ2v) is 11.7. The van der Waals surface area contributed by atoms with Crippen LogP contribution < -0.4 is 10.2 Å². The number of amides is 3. The molecule has 5 rings (SSSR count). The van der Waals surface area contributed by atoms with Gasteiger partial charge in [0, 0.05) is 61.7 Å². The Morgan fingerprint density at radius 2 is 1.65 bits per heavy atom. The van der Waals surface area contributed by atoms with Crippen molar-refractivity contribution < 1.29 is 19.1 Å². The largest absolute Gasteiger partial charge is 0.380 e. The van der Waals surface area contributed by atoms with Gasteiger partial charge in [0.2, 0.25) is 5.91 Å². The van der Waals surface area contributed by atoms with E-state index in [0.717, 1.165) is 24.3 Å². The first-order valence-electron chi connectivity index (χ1n) is 14.0. The first-order valence-corrected chi connectivity index (χ1v) is 14.8. The average Bonchev–Trinajstić information content (AvgIpc) is 3.14. The molecule has 8 nitrogen and oxygen atoms in total. The number of nitrogens with one attached hydrogen (secondary N) is 1. The Morgan fingerprint density at radius 1 is 0.953 bits per heavy atom. The summed E-state index contributed by atoms with van der Waals surface area (Å²) in [5.41, 5.74) is 2.94. The average molecular weight is 646 g/mol. The Bertz CT molecular complexity index is 1460. The van der Waals surface area contributed by atoms with Crippen LogP contribution in [0, 0.1) is 0 Å². The number of benzene rings is 3. The van der Waals surface area contributed by atoms with Crippen molar-refractivity contribution in [1.29, 1.82) is 0 Å². The van der Waals surface area contributed by atoms with E-state index in [2.05, 4.69) is 17.3 Å². The topological polar surface area (TPSA) is 82.2 Å². The third-order valence-electron chi connectivity index (χ3n) is 8.02. The summed E-state index contributed by atoms with van der Waals surface area (Å²) < 4.78 is 5.82. The van der Waals surface area contributed by atoms with E-state index in [9.17, 15) is 14.4 Å². The molecule has 3 aromatic carbocycles. The normalized spacial score (nSPS) is 18.7. The third kappa shape index (κ3) is 7.69. The maximum atomic E-state index is 13.9. The molecule has 2 aliphatic heterocycles. The number of carbonyl (C=O) groups excluding carboxylic acids is 3. The minimum Gasteiger partial charge on any atom is -0.380 e. The van der Waals surface area contributed by atoms with Crippen molar-refractivity contribution in [2.75, 3.05) is 57.1 Å². The molecule has 0 spiro atoms. The summed E-state index contributed by atoms with van der Waals surface area (Å²) >= 11 is 12.6. The van der Waals surface area contributed by atoms with Crippen LogP contribution in [0.3, 0.4) is 0 Å². The second kappa shape index (κ2) is 14.6. The van der Waals surface area contributed by atoms with Crippen LogP contribution in [0.4, 0.5) is 11.4 Å². The number of likely N-dealkylation sites (N-methyl/N-ethyl adjacent to an activating group) is 1. The number of ether oxygens (including phenoxy) is 1. The molecule has 1 saturated heterocycles. The zero-order valence-electron chi connectivity index (χ0n) is 24.1. The van der Waals surface area contributed by atoms with Crippen molar-refractivity contribution in [3.63, 3.8) is 0 Å². The quantitative estimate of drug-likeness (QED) is 0.357. The van der Waals surface area contributed by atoms with E-state index >= 15 is 0 Å². The highest BCUT2D eigenvalue weighted by Crippen LogP contribution is 2.40. The van der Waals surface area contributed by atoms with Crippen LogP contribution in [-0.4, -0.2) is 80.5 Å². The van der Waals surface area contributed by atoms with Gasteiger partial charge in [-0.05, 0) is 79.5 Å². The lowest BCUT2D eigenvalue weighted by molar-refractivity contribution is -0.133. The first kappa shape index (κ1) is 32.8. The molecule has 3 aromatic rings. The number of rotatable bonds is 6. The van der Waals surface area contributed by atoms with Crippen LogP contribution in [0.15, 0.2) is 66.7 Å². The van der Waals surface area contributed by atoms with Gasteiger partial charge in [0.1, 0.15) is 0 Å². The molecule has 0 aromatic heterocycles. The van der Waals surface area contributed by atoms with Gasteiger partial charge in [-0.2, -0.15) is 0 Å². The van der Waals surface area contributed by atoms with E-state index in [1.54, 1.807) is 66.6 Å². The zero-order valence-corrected chi connectivity index (χ0v) is 26.4. The molecule has 1 N–H and O–H groups in total. The van der Waals surface area contributed by atoms with Crippen molar-refractivity contribution in [3.05, 3.63) is 93.5 Å². The van der Waals surface area contributed by atoms with Gasteiger partial charge in [0.15, 0.2) is 0 Å².